The van der Waals surface area contributed by atoms with E-state index in [1.165, 1.54) is 0 Å². The first-order valence-electron chi connectivity index (χ1n) is 12.5. The summed E-state index contributed by atoms with van der Waals surface area (Å²) in [5, 5.41) is 0. The van der Waals surface area contributed by atoms with Crippen LogP contribution in [0, 0.1) is 13.8 Å². The van der Waals surface area contributed by atoms with Gasteiger partial charge in [0.05, 0.1) is 21.9 Å². The van der Waals surface area contributed by atoms with Crippen LogP contribution in [-0.4, -0.2) is 28.9 Å². The Labute approximate surface area is 223 Å². The van der Waals surface area contributed by atoms with Crippen molar-refractivity contribution < 1.29 is 16.8 Å². The number of fused-ring (bicyclic) bond motifs is 1. The van der Waals surface area contributed by atoms with Crippen molar-refractivity contribution in [1.82, 2.24) is 9.44 Å². The maximum atomic E-state index is 13.6. The second kappa shape index (κ2) is 9.17. The highest BCUT2D eigenvalue weighted by Gasteiger charge is 2.52. The standard InChI is InChI=1S/C30H28N2O4S2/c1-19-11-15-21(16-12-19)37(33,34)31-29-27-23-7-3-5-9-25(23)28(26-10-6-4-8-24(26)27)30(29)32-38(35,36)22-17-13-20(2)14-18-22/h3-18,27-32H,1-2H3/t27?,28?,29-,30-/m0/s1. The Hall–Kier alpha value is -3.30. The number of sulfonamides is 2. The SMILES string of the molecule is Cc1ccc(S(=O)(=O)N[C@H]2C3c4ccccc4C(c4ccccc43)[C@@H]2NS(=O)(=O)c2ccc(C)cc2)cc1. The molecule has 6 nitrogen and oxygen atoms in total. The van der Waals surface area contributed by atoms with Crippen LogP contribution >= 0.6 is 0 Å². The number of hydrogen-bond acceptors (Lipinski definition) is 4. The molecule has 0 radical (unpaired) electrons. The van der Waals surface area contributed by atoms with Crippen molar-refractivity contribution in [3.05, 3.63) is 130 Å². The minimum atomic E-state index is -3.95. The zero-order chi connectivity index (χ0) is 26.7. The Morgan fingerprint density at radius 2 is 0.763 bits per heavy atom. The molecule has 2 bridgehead atoms. The van der Waals surface area contributed by atoms with Gasteiger partial charge in [0.25, 0.3) is 0 Å². The summed E-state index contributed by atoms with van der Waals surface area (Å²) in [6.45, 7) is 3.79. The minimum Gasteiger partial charge on any atom is -0.207 e. The van der Waals surface area contributed by atoms with Gasteiger partial charge in [-0.15, -0.1) is 0 Å². The fourth-order valence-corrected chi connectivity index (χ4v) is 8.43. The molecule has 2 atom stereocenters. The molecule has 194 valence electrons. The molecule has 0 amide bonds. The summed E-state index contributed by atoms with van der Waals surface area (Å²) in [6, 6.07) is 27.7. The summed E-state index contributed by atoms with van der Waals surface area (Å²) < 4.78 is 60.4. The first-order valence-corrected chi connectivity index (χ1v) is 15.5. The van der Waals surface area contributed by atoms with Crippen LogP contribution in [0.2, 0.25) is 0 Å². The molecule has 0 fully saturated rings. The van der Waals surface area contributed by atoms with Crippen molar-refractivity contribution in [2.75, 3.05) is 0 Å². The molecule has 0 heterocycles. The molecule has 8 heteroatoms. The molecule has 0 spiro atoms. The zero-order valence-electron chi connectivity index (χ0n) is 21.0. The monoisotopic (exact) mass is 544 g/mol. The summed E-state index contributed by atoms with van der Waals surface area (Å²) in [6.07, 6.45) is 0. The predicted octanol–water partition coefficient (Wildman–Crippen LogP) is 4.59. The van der Waals surface area contributed by atoms with Crippen LogP contribution in [0.15, 0.2) is 107 Å². The molecule has 3 aliphatic rings. The van der Waals surface area contributed by atoms with Crippen molar-refractivity contribution in [2.24, 2.45) is 0 Å². The lowest BCUT2D eigenvalue weighted by Gasteiger charge is -2.50. The van der Waals surface area contributed by atoms with E-state index < -0.39 is 32.1 Å². The van der Waals surface area contributed by atoms with Gasteiger partial charge in [0.15, 0.2) is 0 Å². The molecule has 4 aromatic carbocycles. The van der Waals surface area contributed by atoms with Crippen molar-refractivity contribution in [2.45, 2.75) is 47.6 Å². The molecule has 0 saturated carbocycles. The zero-order valence-corrected chi connectivity index (χ0v) is 22.6. The van der Waals surface area contributed by atoms with Crippen LogP contribution in [0.5, 0.6) is 0 Å². The molecule has 0 unspecified atom stereocenters. The largest absolute Gasteiger partial charge is 0.240 e. The van der Waals surface area contributed by atoms with Gasteiger partial charge in [0.2, 0.25) is 20.0 Å². The Kier molecular flexibility index (Phi) is 6.03. The van der Waals surface area contributed by atoms with E-state index in [2.05, 4.69) is 9.44 Å². The summed E-state index contributed by atoms with van der Waals surface area (Å²) in [5.41, 5.74) is 5.95. The van der Waals surface area contributed by atoms with E-state index in [1.54, 1.807) is 48.5 Å². The number of hydrogen-bond donors (Lipinski definition) is 2. The predicted molar refractivity (Wildman–Crippen MR) is 147 cm³/mol. The third-order valence-electron chi connectivity index (χ3n) is 7.68. The topological polar surface area (TPSA) is 92.3 Å². The molecule has 4 aromatic rings. The number of rotatable bonds is 6. The van der Waals surface area contributed by atoms with Crippen LogP contribution in [0.4, 0.5) is 0 Å². The average molecular weight is 545 g/mol. The van der Waals surface area contributed by atoms with Crippen LogP contribution in [0.3, 0.4) is 0 Å². The molecule has 7 rings (SSSR count). The van der Waals surface area contributed by atoms with Crippen molar-refractivity contribution >= 4 is 20.0 Å². The van der Waals surface area contributed by atoms with Gasteiger partial charge >= 0.3 is 0 Å². The highest BCUT2D eigenvalue weighted by atomic mass is 32.2. The summed E-state index contributed by atoms with van der Waals surface area (Å²) >= 11 is 0. The van der Waals surface area contributed by atoms with Crippen LogP contribution in [-0.2, 0) is 20.0 Å². The van der Waals surface area contributed by atoms with Gasteiger partial charge in [-0.3, -0.25) is 0 Å². The Morgan fingerprint density at radius 1 is 0.474 bits per heavy atom. The van der Waals surface area contributed by atoms with E-state index in [0.29, 0.717) is 0 Å². The van der Waals surface area contributed by atoms with E-state index in [1.807, 2.05) is 62.4 Å². The number of aryl methyl sites for hydroxylation is 2. The molecule has 2 N–H and O–H groups in total. The van der Waals surface area contributed by atoms with Gasteiger partial charge in [0, 0.05) is 11.8 Å². The van der Waals surface area contributed by atoms with E-state index in [4.69, 9.17) is 0 Å². The molecule has 38 heavy (non-hydrogen) atoms. The van der Waals surface area contributed by atoms with Gasteiger partial charge in [-0.25, -0.2) is 26.3 Å². The van der Waals surface area contributed by atoms with Crippen LogP contribution in [0.1, 0.15) is 45.2 Å². The van der Waals surface area contributed by atoms with E-state index in [-0.39, 0.29) is 21.6 Å². The Morgan fingerprint density at radius 3 is 1.05 bits per heavy atom. The van der Waals surface area contributed by atoms with Gasteiger partial charge in [-0.1, -0.05) is 83.9 Å². The van der Waals surface area contributed by atoms with E-state index >= 15 is 0 Å². The molecule has 0 aromatic heterocycles. The first-order chi connectivity index (χ1) is 18.2. The maximum Gasteiger partial charge on any atom is 0.240 e. The molecule has 0 saturated heterocycles. The first kappa shape index (κ1) is 25.0. The summed E-state index contributed by atoms with van der Waals surface area (Å²) in [7, 11) is -7.90. The fourth-order valence-electron chi connectivity index (χ4n) is 5.89. The van der Waals surface area contributed by atoms with Crippen molar-refractivity contribution in [3.8, 4) is 0 Å². The lowest BCUT2D eigenvalue weighted by molar-refractivity contribution is 0.337. The van der Waals surface area contributed by atoms with E-state index in [9.17, 15) is 16.8 Å². The molecular weight excluding hydrogens is 516 g/mol. The van der Waals surface area contributed by atoms with Crippen molar-refractivity contribution in [3.63, 3.8) is 0 Å². The smallest absolute Gasteiger partial charge is 0.207 e. The number of nitrogens with one attached hydrogen (secondary N) is 2. The van der Waals surface area contributed by atoms with Crippen molar-refractivity contribution in [1.29, 1.82) is 0 Å². The quantitative estimate of drug-likeness (QED) is 0.372. The van der Waals surface area contributed by atoms with E-state index in [0.717, 1.165) is 33.4 Å². The Balaban J connectivity index is 1.50. The minimum absolute atomic E-state index is 0.145. The maximum absolute atomic E-state index is 13.6. The Bertz CT molecular complexity index is 1550. The normalized spacial score (nSPS) is 22.1. The summed E-state index contributed by atoms with van der Waals surface area (Å²) in [4.78, 5) is 0.289. The van der Waals surface area contributed by atoms with Crippen LogP contribution < -0.4 is 9.44 Å². The molecular formula is C30H28N2O4S2. The average Bonchev–Trinajstić information content (AvgIpc) is 2.90. The van der Waals surface area contributed by atoms with Gasteiger partial charge in [-0.05, 0) is 60.4 Å². The molecule has 3 aliphatic carbocycles. The highest BCUT2D eigenvalue weighted by molar-refractivity contribution is 7.90. The van der Waals surface area contributed by atoms with Gasteiger partial charge in [-0.2, -0.15) is 0 Å². The van der Waals surface area contributed by atoms with Gasteiger partial charge < -0.3 is 0 Å². The molecule has 0 aliphatic heterocycles. The highest BCUT2D eigenvalue weighted by Crippen LogP contribution is 2.53. The summed E-state index contributed by atoms with van der Waals surface area (Å²) in [5.74, 6) is -0.725. The second-order valence-corrected chi connectivity index (χ2v) is 13.6. The second-order valence-electron chi connectivity index (χ2n) is 10.1. The third kappa shape index (κ3) is 4.18. The fraction of sp³-hybridized carbons (Fsp3) is 0.200. The lowest BCUT2D eigenvalue weighted by atomic mass is 9.59. The number of benzene rings is 4. The lowest BCUT2D eigenvalue weighted by Crippen LogP contribution is -2.61. The third-order valence-corrected chi connectivity index (χ3v) is 10.6. The van der Waals surface area contributed by atoms with Gasteiger partial charge in [0.1, 0.15) is 0 Å². The van der Waals surface area contributed by atoms with Crippen LogP contribution in [0.25, 0.3) is 0 Å².